The van der Waals surface area contributed by atoms with E-state index in [-0.39, 0.29) is 23.7 Å². The molecule has 1 heterocycles. The zero-order valence-corrected chi connectivity index (χ0v) is 15.5. The average molecular weight is 349 g/mol. The molecule has 0 unspecified atom stereocenters. The predicted molar refractivity (Wildman–Crippen MR) is 93.9 cm³/mol. The molecule has 5 atom stereocenters. The van der Waals surface area contributed by atoms with Crippen molar-refractivity contribution in [1.82, 2.24) is 5.32 Å². The topological polar surface area (TPSA) is 47.6 Å². The van der Waals surface area contributed by atoms with E-state index in [2.05, 4.69) is 19.2 Å². The van der Waals surface area contributed by atoms with E-state index in [1.165, 1.54) is 6.07 Å². The van der Waals surface area contributed by atoms with Gasteiger partial charge in [-0.05, 0) is 37.8 Å². The Bertz CT molecular complexity index is 650. The smallest absolute Gasteiger partial charge is 0.217 e. The second-order valence-electron chi connectivity index (χ2n) is 7.85. The molecule has 0 bridgehead atoms. The molecule has 0 aromatic heterocycles. The van der Waals surface area contributed by atoms with Gasteiger partial charge in [-0.2, -0.15) is 0 Å². The van der Waals surface area contributed by atoms with E-state index in [1.807, 2.05) is 0 Å². The van der Waals surface area contributed by atoms with Crippen LogP contribution in [0.4, 0.5) is 4.39 Å². The van der Waals surface area contributed by atoms with Crippen LogP contribution in [0.15, 0.2) is 18.2 Å². The Balaban J connectivity index is 1.98. The SMILES string of the molecule is COc1cccc(F)c1[C@H]1C[C@@](C)(NC(C)=O)[C@@H]2CC[C@@H](C)C[C@H]2O1. The summed E-state index contributed by atoms with van der Waals surface area (Å²) in [5.74, 6) is 0.945. The summed E-state index contributed by atoms with van der Waals surface area (Å²) in [6.45, 7) is 5.84. The Morgan fingerprint density at radius 1 is 1.40 bits per heavy atom. The van der Waals surface area contributed by atoms with Crippen molar-refractivity contribution in [2.45, 2.75) is 64.2 Å². The van der Waals surface area contributed by atoms with Crippen LogP contribution >= 0.6 is 0 Å². The van der Waals surface area contributed by atoms with Crippen molar-refractivity contribution in [3.8, 4) is 5.75 Å². The highest BCUT2D eigenvalue weighted by molar-refractivity contribution is 5.73. The predicted octanol–water partition coefficient (Wildman–Crippen LogP) is 4.00. The number of rotatable bonds is 3. The Morgan fingerprint density at radius 3 is 2.84 bits per heavy atom. The van der Waals surface area contributed by atoms with Gasteiger partial charge in [0.25, 0.3) is 0 Å². The molecular weight excluding hydrogens is 321 g/mol. The number of carbonyl (C=O) groups is 1. The van der Waals surface area contributed by atoms with Gasteiger partial charge < -0.3 is 14.8 Å². The highest BCUT2D eigenvalue weighted by Crippen LogP contribution is 2.49. The Hall–Kier alpha value is -1.62. The molecule has 1 N–H and O–H groups in total. The molecule has 1 saturated heterocycles. The molecule has 1 amide bonds. The number of halogens is 1. The maximum absolute atomic E-state index is 14.6. The summed E-state index contributed by atoms with van der Waals surface area (Å²) in [5.41, 5.74) is 0.0468. The van der Waals surface area contributed by atoms with E-state index in [0.29, 0.717) is 23.7 Å². The number of benzene rings is 1. The average Bonchev–Trinajstić information content (AvgIpc) is 2.52. The van der Waals surface area contributed by atoms with Gasteiger partial charge in [0, 0.05) is 24.8 Å². The van der Waals surface area contributed by atoms with Crippen molar-refractivity contribution in [1.29, 1.82) is 0 Å². The number of amides is 1. The van der Waals surface area contributed by atoms with Crippen molar-refractivity contribution < 1.29 is 18.7 Å². The molecule has 1 saturated carbocycles. The van der Waals surface area contributed by atoms with Crippen LogP contribution in [0.25, 0.3) is 0 Å². The van der Waals surface area contributed by atoms with Crippen molar-refractivity contribution in [3.63, 3.8) is 0 Å². The number of carbonyl (C=O) groups excluding carboxylic acids is 1. The fourth-order valence-corrected chi connectivity index (χ4v) is 4.73. The van der Waals surface area contributed by atoms with Crippen molar-refractivity contribution >= 4 is 5.91 Å². The number of nitrogens with one attached hydrogen (secondary N) is 1. The first kappa shape index (κ1) is 18.2. The molecule has 138 valence electrons. The van der Waals surface area contributed by atoms with Crippen LogP contribution in [-0.2, 0) is 9.53 Å². The highest BCUT2D eigenvalue weighted by atomic mass is 19.1. The minimum absolute atomic E-state index is 0.0173. The van der Waals surface area contributed by atoms with E-state index in [1.54, 1.807) is 26.2 Å². The molecule has 3 rings (SSSR count). The molecule has 2 fully saturated rings. The lowest BCUT2D eigenvalue weighted by Gasteiger charge is -2.52. The monoisotopic (exact) mass is 349 g/mol. The molecule has 2 aliphatic rings. The summed E-state index contributed by atoms with van der Waals surface area (Å²) < 4.78 is 26.3. The molecule has 5 heteroatoms. The van der Waals surface area contributed by atoms with Crippen molar-refractivity contribution in [2.75, 3.05) is 7.11 Å². The first-order valence-corrected chi connectivity index (χ1v) is 9.10. The van der Waals surface area contributed by atoms with Gasteiger partial charge in [-0.1, -0.05) is 19.4 Å². The van der Waals surface area contributed by atoms with E-state index in [0.717, 1.165) is 19.3 Å². The lowest BCUT2D eigenvalue weighted by atomic mass is 9.66. The summed E-state index contributed by atoms with van der Waals surface area (Å²) in [5, 5.41) is 3.15. The maximum Gasteiger partial charge on any atom is 0.217 e. The van der Waals surface area contributed by atoms with Gasteiger partial charge in [0.1, 0.15) is 11.6 Å². The van der Waals surface area contributed by atoms with Crippen LogP contribution < -0.4 is 10.1 Å². The Labute approximate surface area is 149 Å². The molecule has 1 aromatic rings. The fourth-order valence-electron chi connectivity index (χ4n) is 4.73. The van der Waals surface area contributed by atoms with E-state index < -0.39 is 11.6 Å². The lowest BCUT2D eigenvalue weighted by Crippen LogP contribution is -2.60. The summed E-state index contributed by atoms with van der Waals surface area (Å²) in [4.78, 5) is 11.8. The van der Waals surface area contributed by atoms with Crippen LogP contribution in [-0.4, -0.2) is 24.7 Å². The van der Waals surface area contributed by atoms with Crippen LogP contribution in [0.5, 0.6) is 5.75 Å². The third-order valence-corrected chi connectivity index (χ3v) is 5.84. The standard InChI is InChI=1S/C20H28FNO3/c1-12-8-9-14-17(10-12)25-18(11-20(14,3)22-13(2)23)19-15(21)6-5-7-16(19)24-4/h5-7,12,14,17-18H,8-11H2,1-4H3,(H,22,23)/t12-,14-,17-,18-,20-/m1/s1. The summed E-state index contributed by atoms with van der Waals surface area (Å²) in [6, 6.07) is 4.83. The molecule has 25 heavy (non-hydrogen) atoms. The second kappa shape index (κ2) is 6.94. The number of hydrogen-bond donors (Lipinski definition) is 1. The van der Waals surface area contributed by atoms with Gasteiger partial charge in [-0.25, -0.2) is 4.39 Å². The van der Waals surface area contributed by atoms with E-state index in [4.69, 9.17) is 9.47 Å². The van der Waals surface area contributed by atoms with Crippen LogP contribution in [0, 0.1) is 17.7 Å². The van der Waals surface area contributed by atoms with Gasteiger partial charge in [0.05, 0.1) is 24.9 Å². The van der Waals surface area contributed by atoms with Gasteiger partial charge in [0.2, 0.25) is 5.91 Å². The quantitative estimate of drug-likeness (QED) is 0.897. The molecule has 0 spiro atoms. The first-order chi connectivity index (χ1) is 11.8. The van der Waals surface area contributed by atoms with Gasteiger partial charge in [-0.15, -0.1) is 0 Å². The molecule has 1 aromatic carbocycles. The lowest BCUT2D eigenvalue weighted by molar-refractivity contribution is -0.153. The number of ether oxygens (including phenoxy) is 2. The van der Waals surface area contributed by atoms with E-state index in [9.17, 15) is 9.18 Å². The van der Waals surface area contributed by atoms with Crippen molar-refractivity contribution in [2.24, 2.45) is 11.8 Å². The normalized spacial score (nSPS) is 34.9. The maximum atomic E-state index is 14.6. The van der Waals surface area contributed by atoms with Crippen LogP contribution in [0.2, 0.25) is 0 Å². The van der Waals surface area contributed by atoms with Crippen molar-refractivity contribution in [3.05, 3.63) is 29.6 Å². The molecule has 1 aliphatic carbocycles. The Morgan fingerprint density at radius 2 is 2.16 bits per heavy atom. The zero-order chi connectivity index (χ0) is 18.2. The third-order valence-electron chi connectivity index (χ3n) is 5.84. The summed E-state index contributed by atoms with van der Waals surface area (Å²) in [6.07, 6.45) is 3.21. The molecule has 0 radical (unpaired) electrons. The first-order valence-electron chi connectivity index (χ1n) is 9.10. The number of methoxy groups -OCH3 is 1. The highest BCUT2D eigenvalue weighted by Gasteiger charge is 2.50. The van der Waals surface area contributed by atoms with Crippen LogP contribution in [0.1, 0.15) is 58.1 Å². The van der Waals surface area contributed by atoms with Gasteiger partial charge >= 0.3 is 0 Å². The third kappa shape index (κ3) is 3.52. The largest absolute Gasteiger partial charge is 0.496 e. The molecular formula is C20H28FNO3. The minimum atomic E-state index is -0.431. The molecule has 4 nitrogen and oxygen atoms in total. The van der Waals surface area contributed by atoms with Crippen LogP contribution in [0.3, 0.4) is 0 Å². The Kier molecular flexibility index (Phi) is 5.05. The zero-order valence-electron chi connectivity index (χ0n) is 15.5. The van der Waals surface area contributed by atoms with Gasteiger partial charge in [-0.3, -0.25) is 4.79 Å². The second-order valence-corrected chi connectivity index (χ2v) is 7.85. The number of hydrogen-bond acceptors (Lipinski definition) is 3. The minimum Gasteiger partial charge on any atom is -0.496 e. The summed E-state index contributed by atoms with van der Waals surface area (Å²) >= 11 is 0. The van der Waals surface area contributed by atoms with E-state index >= 15 is 0 Å². The summed E-state index contributed by atoms with van der Waals surface area (Å²) in [7, 11) is 1.54. The molecule has 1 aliphatic heterocycles. The van der Waals surface area contributed by atoms with Gasteiger partial charge in [0.15, 0.2) is 0 Å². The number of fused-ring (bicyclic) bond motifs is 1. The fraction of sp³-hybridized carbons (Fsp3) is 0.650.